The molecule has 1 aliphatic rings. The van der Waals surface area contributed by atoms with E-state index in [2.05, 4.69) is 48.1 Å². The Bertz CT molecular complexity index is 1380. The number of amides is 1. The molecule has 0 saturated carbocycles. The van der Waals surface area contributed by atoms with Crippen molar-refractivity contribution < 1.29 is 9.21 Å². The maximum Gasteiger partial charge on any atom is 0.309 e. The van der Waals surface area contributed by atoms with Crippen LogP contribution in [-0.4, -0.2) is 36.3 Å². The number of hydrogen-bond donors (Lipinski definition) is 3. The van der Waals surface area contributed by atoms with Gasteiger partial charge in [0.15, 0.2) is 0 Å². The van der Waals surface area contributed by atoms with Crippen LogP contribution < -0.4 is 10.6 Å². The zero-order valence-electron chi connectivity index (χ0n) is 20.9. The number of H-pyrrole nitrogens is 1. The zero-order valence-corrected chi connectivity index (χ0v) is 20.9. The molecule has 3 heterocycles. The molecular formula is C26H30N8O2. The van der Waals surface area contributed by atoms with Crippen LogP contribution in [0, 0.1) is 6.92 Å². The van der Waals surface area contributed by atoms with Gasteiger partial charge >= 0.3 is 11.8 Å². The fourth-order valence-electron chi connectivity index (χ4n) is 4.31. The summed E-state index contributed by atoms with van der Waals surface area (Å²) < 4.78 is 5.64. The fourth-order valence-corrected chi connectivity index (χ4v) is 4.31. The van der Waals surface area contributed by atoms with Gasteiger partial charge in [-0.2, -0.15) is 5.10 Å². The molecule has 5 rings (SSSR count). The van der Waals surface area contributed by atoms with Crippen LogP contribution in [0.15, 0.2) is 41.1 Å². The van der Waals surface area contributed by atoms with E-state index in [-0.39, 0.29) is 23.3 Å². The van der Waals surface area contributed by atoms with Gasteiger partial charge in [0.05, 0.1) is 29.3 Å². The largest absolute Gasteiger partial charge is 0.416 e. The quantitative estimate of drug-likeness (QED) is 0.343. The minimum atomic E-state index is -0.346. The van der Waals surface area contributed by atoms with E-state index < -0.39 is 0 Å². The molecule has 3 N–H and O–H groups in total. The highest BCUT2D eigenvalue weighted by atomic mass is 16.4. The Labute approximate surface area is 209 Å². The minimum Gasteiger partial charge on any atom is -0.416 e. The van der Waals surface area contributed by atoms with Gasteiger partial charge in [0.2, 0.25) is 11.8 Å². The minimum absolute atomic E-state index is 0.00350. The van der Waals surface area contributed by atoms with Crippen molar-refractivity contribution in [2.45, 2.75) is 64.8 Å². The Morgan fingerprint density at radius 1 is 1.17 bits per heavy atom. The van der Waals surface area contributed by atoms with E-state index in [1.807, 2.05) is 39.8 Å². The molecule has 186 valence electrons. The summed E-state index contributed by atoms with van der Waals surface area (Å²) in [5, 5.41) is 21.3. The highest BCUT2D eigenvalue weighted by molar-refractivity contribution is 5.89. The van der Waals surface area contributed by atoms with Crippen molar-refractivity contribution in [1.82, 2.24) is 35.7 Å². The molecule has 1 unspecified atom stereocenters. The van der Waals surface area contributed by atoms with Crippen LogP contribution in [0.1, 0.15) is 79.5 Å². The second-order valence-electron chi connectivity index (χ2n) is 10.1. The monoisotopic (exact) mass is 486 g/mol. The molecule has 0 aliphatic heterocycles. The molecule has 0 spiro atoms. The highest BCUT2D eigenvalue weighted by Crippen LogP contribution is 2.32. The van der Waals surface area contributed by atoms with Gasteiger partial charge in [0.25, 0.3) is 0 Å². The molecule has 0 radical (unpaired) electrons. The van der Waals surface area contributed by atoms with E-state index in [1.165, 1.54) is 5.56 Å². The van der Waals surface area contributed by atoms with Crippen LogP contribution in [0.4, 0.5) is 11.6 Å². The van der Waals surface area contributed by atoms with Gasteiger partial charge in [-0.15, -0.1) is 10.2 Å². The summed E-state index contributed by atoms with van der Waals surface area (Å²) in [4.78, 5) is 22.0. The van der Waals surface area contributed by atoms with Crippen LogP contribution in [0.5, 0.6) is 0 Å². The lowest BCUT2D eigenvalue weighted by molar-refractivity contribution is 0.0896. The van der Waals surface area contributed by atoms with Gasteiger partial charge in [-0.3, -0.25) is 9.89 Å². The number of fused-ring (bicyclic) bond motifs is 1. The summed E-state index contributed by atoms with van der Waals surface area (Å²) in [6, 6.07) is 8.07. The third-order valence-electron chi connectivity index (χ3n) is 6.30. The summed E-state index contributed by atoms with van der Waals surface area (Å²) in [6.45, 7) is 7.84. The number of carbonyl (C=O) groups excluding carboxylic acids is 1. The predicted octanol–water partition coefficient (Wildman–Crippen LogP) is 4.80. The smallest absolute Gasteiger partial charge is 0.309 e. The topological polar surface area (TPSA) is 135 Å². The van der Waals surface area contributed by atoms with Crippen molar-refractivity contribution in [3.8, 4) is 11.3 Å². The maximum absolute atomic E-state index is 12.9. The Hall–Kier alpha value is -4.08. The van der Waals surface area contributed by atoms with Gasteiger partial charge < -0.3 is 15.1 Å². The van der Waals surface area contributed by atoms with Crippen LogP contribution in [0.25, 0.3) is 11.3 Å². The molecule has 0 fully saturated rings. The fraction of sp³-hybridized carbons (Fsp3) is 0.385. The van der Waals surface area contributed by atoms with Gasteiger partial charge in [0.1, 0.15) is 0 Å². The van der Waals surface area contributed by atoms with Crippen molar-refractivity contribution in [1.29, 1.82) is 0 Å². The van der Waals surface area contributed by atoms with Gasteiger partial charge in [-0.1, -0.05) is 39.3 Å². The van der Waals surface area contributed by atoms with E-state index >= 15 is 0 Å². The molecule has 10 nitrogen and oxygen atoms in total. The first kappa shape index (κ1) is 23.7. The third-order valence-corrected chi connectivity index (χ3v) is 6.30. The summed E-state index contributed by atoms with van der Waals surface area (Å²) >= 11 is 0. The first-order valence-electron chi connectivity index (χ1n) is 12.2. The molecular weight excluding hydrogens is 456 g/mol. The number of anilines is 2. The average molecular weight is 487 g/mol. The van der Waals surface area contributed by atoms with E-state index in [0.717, 1.165) is 53.9 Å². The number of aromatic nitrogens is 6. The van der Waals surface area contributed by atoms with Gasteiger partial charge in [-0.05, 0) is 49.4 Å². The summed E-state index contributed by atoms with van der Waals surface area (Å²) in [6.07, 6.45) is 7.30. The lowest BCUT2D eigenvalue weighted by atomic mass is 9.95. The van der Waals surface area contributed by atoms with Crippen LogP contribution in [-0.2, 0) is 11.8 Å². The van der Waals surface area contributed by atoms with Crippen molar-refractivity contribution in [3.05, 3.63) is 65.3 Å². The molecule has 4 aromatic rings. The summed E-state index contributed by atoms with van der Waals surface area (Å²) in [7, 11) is 0. The van der Waals surface area contributed by atoms with E-state index in [0.29, 0.717) is 11.8 Å². The Balaban J connectivity index is 1.37. The van der Waals surface area contributed by atoms with Crippen molar-refractivity contribution in [2.75, 3.05) is 5.32 Å². The maximum atomic E-state index is 12.9. The Morgan fingerprint density at radius 2 is 2.03 bits per heavy atom. The number of aryl methyl sites for hydroxylation is 2. The summed E-state index contributed by atoms with van der Waals surface area (Å²) in [5.74, 6) is 0.601. The van der Waals surface area contributed by atoms with Crippen molar-refractivity contribution >= 4 is 17.5 Å². The molecule has 0 saturated heterocycles. The first-order chi connectivity index (χ1) is 17.3. The number of nitrogens with zero attached hydrogens (tertiary/aromatic N) is 5. The van der Waals surface area contributed by atoms with E-state index in [1.54, 1.807) is 12.4 Å². The summed E-state index contributed by atoms with van der Waals surface area (Å²) in [5.41, 5.74) is 5.57. The molecule has 3 aromatic heterocycles. The highest BCUT2D eigenvalue weighted by Gasteiger charge is 2.27. The average Bonchev–Trinajstić information content (AvgIpc) is 3.46. The van der Waals surface area contributed by atoms with Gasteiger partial charge in [0, 0.05) is 17.2 Å². The molecule has 1 atom stereocenters. The zero-order chi connectivity index (χ0) is 25.3. The first-order valence-corrected chi connectivity index (χ1v) is 12.2. The van der Waals surface area contributed by atoms with Crippen molar-refractivity contribution in [3.63, 3.8) is 0 Å². The number of aromatic amines is 1. The van der Waals surface area contributed by atoms with E-state index in [9.17, 15) is 4.79 Å². The van der Waals surface area contributed by atoms with Crippen LogP contribution >= 0.6 is 0 Å². The molecule has 10 heteroatoms. The molecule has 1 aromatic carbocycles. The Kier molecular flexibility index (Phi) is 6.26. The van der Waals surface area contributed by atoms with Crippen molar-refractivity contribution in [2.24, 2.45) is 0 Å². The normalized spacial score (nSPS) is 15.7. The SMILES string of the molecule is Cc1[nH]ncc1Nc1nccc(-c2ccc3c(c2)CCCCC3NC(=O)c2nnc(C(C)(C)C)o2)n1. The molecule has 0 bridgehead atoms. The van der Waals surface area contributed by atoms with Crippen LogP contribution in [0.2, 0.25) is 0 Å². The lowest BCUT2D eigenvalue weighted by Gasteiger charge is -2.19. The third kappa shape index (κ3) is 4.98. The second kappa shape index (κ2) is 9.52. The van der Waals surface area contributed by atoms with Crippen LogP contribution in [0.3, 0.4) is 0 Å². The standard InChI is InChI=1S/C26H30N8O2/c1-15-21(14-28-32-15)31-25-27-12-11-19(30-25)17-9-10-18-16(13-17)7-5-6-8-20(18)29-22(35)23-33-34-24(36-23)26(2,3)4/h9-14,20H,5-8H2,1-4H3,(H,28,32)(H,29,35)(H,27,30,31). The second-order valence-corrected chi connectivity index (χ2v) is 10.1. The number of rotatable bonds is 5. The molecule has 36 heavy (non-hydrogen) atoms. The number of carbonyl (C=O) groups is 1. The Morgan fingerprint density at radius 3 is 2.78 bits per heavy atom. The van der Waals surface area contributed by atoms with E-state index in [4.69, 9.17) is 9.40 Å². The molecule has 1 amide bonds. The number of benzene rings is 1. The number of nitrogens with one attached hydrogen (secondary N) is 3. The number of hydrogen-bond acceptors (Lipinski definition) is 8. The molecule has 1 aliphatic carbocycles. The lowest BCUT2D eigenvalue weighted by Crippen LogP contribution is -2.29. The van der Waals surface area contributed by atoms with Gasteiger partial charge in [-0.25, -0.2) is 9.97 Å². The predicted molar refractivity (Wildman–Crippen MR) is 135 cm³/mol.